The second kappa shape index (κ2) is 6.75. The first-order valence-electron chi connectivity index (χ1n) is 7.40. The average Bonchev–Trinajstić information content (AvgIpc) is 2.73. The molecule has 1 unspecified atom stereocenters. The average molecular weight is 303 g/mol. The van der Waals surface area contributed by atoms with Crippen molar-refractivity contribution in [1.29, 1.82) is 0 Å². The monoisotopic (exact) mass is 303 g/mol. The van der Waals surface area contributed by atoms with E-state index in [1.165, 1.54) is 4.90 Å². The molecule has 5 heteroatoms. The molecule has 0 saturated heterocycles. The molecular weight excluding hydrogens is 282 g/mol. The SMILES string of the molecule is CC(C)CC(=O)C1=C(O)C(=O)N(CCO)C1c1ccccc1. The summed E-state index contributed by atoms with van der Waals surface area (Å²) in [7, 11) is 0. The minimum Gasteiger partial charge on any atom is -0.503 e. The molecule has 22 heavy (non-hydrogen) atoms. The fourth-order valence-electron chi connectivity index (χ4n) is 2.74. The van der Waals surface area contributed by atoms with E-state index in [-0.39, 0.29) is 36.8 Å². The van der Waals surface area contributed by atoms with E-state index < -0.39 is 17.7 Å². The summed E-state index contributed by atoms with van der Waals surface area (Å²) in [6, 6.07) is 8.46. The third kappa shape index (κ3) is 3.04. The first-order valence-corrected chi connectivity index (χ1v) is 7.40. The normalized spacial score (nSPS) is 18.5. The van der Waals surface area contributed by atoms with E-state index in [9.17, 15) is 19.8 Å². The van der Waals surface area contributed by atoms with Gasteiger partial charge in [-0.1, -0.05) is 44.2 Å². The number of aliphatic hydroxyl groups excluding tert-OH is 2. The van der Waals surface area contributed by atoms with Crippen molar-refractivity contribution in [1.82, 2.24) is 4.90 Å². The van der Waals surface area contributed by atoms with Gasteiger partial charge in [0.2, 0.25) is 0 Å². The maximum atomic E-state index is 12.5. The summed E-state index contributed by atoms with van der Waals surface area (Å²) in [4.78, 5) is 26.1. The van der Waals surface area contributed by atoms with Crippen molar-refractivity contribution in [3.8, 4) is 0 Å². The van der Waals surface area contributed by atoms with Crippen LogP contribution in [-0.2, 0) is 9.59 Å². The van der Waals surface area contributed by atoms with Gasteiger partial charge >= 0.3 is 0 Å². The van der Waals surface area contributed by atoms with E-state index >= 15 is 0 Å². The van der Waals surface area contributed by atoms with Crippen LogP contribution in [0.4, 0.5) is 0 Å². The van der Waals surface area contributed by atoms with Gasteiger partial charge in [-0.3, -0.25) is 9.59 Å². The van der Waals surface area contributed by atoms with Crippen LogP contribution >= 0.6 is 0 Å². The number of β-amino-alcohol motifs (C(OH)–C–C–N with tert-alkyl or cyclic N) is 1. The van der Waals surface area contributed by atoms with Gasteiger partial charge in [-0.05, 0) is 11.5 Å². The highest BCUT2D eigenvalue weighted by atomic mass is 16.3. The lowest BCUT2D eigenvalue weighted by molar-refractivity contribution is -0.129. The Morgan fingerprint density at radius 2 is 1.91 bits per heavy atom. The van der Waals surface area contributed by atoms with Gasteiger partial charge < -0.3 is 15.1 Å². The zero-order valence-corrected chi connectivity index (χ0v) is 12.8. The highest BCUT2D eigenvalue weighted by molar-refractivity contribution is 6.09. The Hall–Kier alpha value is -2.14. The molecule has 0 spiro atoms. The Bertz CT molecular complexity index is 592. The minimum atomic E-state index is -0.632. The Balaban J connectivity index is 2.46. The molecule has 1 amide bonds. The van der Waals surface area contributed by atoms with E-state index in [4.69, 9.17) is 0 Å². The van der Waals surface area contributed by atoms with Crippen LogP contribution in [0.1, 0.15) is 31.9 Å². The molecule has 0 aliphatic carbocycles. The Morgan fingerprint density at radius 3 is 2.45 bits per heavy atom. The van der Waals surface area contributed by atoms with Crippen LogP contribution in [0, 0.1) is 5.92 Å². The number of amides is 1. The fourth-order valence-corrected chi connectivity index (χ4v) is 2.74. The summed E-state index contributed by atoms with van der Waals surface area (Å²) < 4.78 is 0. The van der Waals surface area contributed by atoms with Crippen LogP contribution in [-0.4, -0.2) is 40.0 Å². The second-order valence-electron chi connectivity index (χ2n) is 5.82. The van der Waals surface area contributed by atoms with Gasteiger partial charge in [-0.2, -0.15) is 0 Å². The number of aliphatic hydroxyl groups is 2. The van der Waals surface area contributed by atoms with E-state index in [0.29, 0.717) is 0 Å². The number of nitrogens with zero attached hydrogens (tertiary/aromatic N) is 1. The van der Waals surface area contributed by atoms with Crippen LogP contribution in [0.3, 0.4) is 0 Å². The van der Waals surface area contributed by atoms with Gasteiger partial charge in [0.05, 0.1) is 18.2 Å². The summed E-state index contributed by atoms with van der Waals surface area (Å²) in [6.45, 7) is 3.67. The predicted molar refractivity (Wildman–Crippen MR) is 82.1 cm³/mol. The van der Waals surface area contributed by atoms with E-state index in [0.717, 1.165) is 5.56 Å². The molecule has 0 aromatic heterocycles. The van der Waals surface area contributed by atoms with Crippen molar-refractivity contribution in [3.05, 3.63) is 47.2 Å². The number of Topliss-reactive ketones (excluding diaryl/α,β-unsaturated/α-hetero) is 1. The molecule has 0 radical (unpaired) electrons. The van der Waals surface area contributed by atoms with Gasteiger partial charge in [0.15, 0.2) is 11.5 Å². The highest BCUT2D eigenvalue weighted by Crippen LogP contribution is 2.38. The van der Waals surface area contributed by atoms with Crippen molar-refractivity contribution in [2.75, 3.05) is 13.2 Å². The molecule has 2 rings (SSSR count). The number of hydrogen-bond donors (Lipinski definition) is 2. The first-order chi connectivity index (χ1) is 10.5. The largest absolute Gasteiger partial charge is 0.503 e. The number of ketones is 1. The standard InChI is InChI=1S/C17H21NO4/c1-11(2)10-13(20)14-15(12-6-4-3-5-7-12)18(8-9-19)17(22)16(14)21/h3-7,11,15,19,21H,8-10H2,1-2H3. The molecule has 1 atom stereocenters. The lowest BCUT2D eigenvalue weighted by Gasteiger charge is -2.26. The number of benzene rings is 1. The van der Waals surface area contributed by atoms with Gasteiger partial charge in [0.25, 0.3) is 5.91 Å². The Morgan fingerprint density at radius 1 is 1.27 bits per heavy atom. The maximum Gasteiger partial charge on any atom is 0.290 e. The summed E-state index contributed by atoms with van der Waals surface area (Å²) >= 11 is 0. The van der Waals surface area contributed by atoms with Crippen molar-refractivity contribution in [3.63, 3.8) is 0 Å². The lowest BCUT2D eigenvalue weighted by Crippen LogP contribution is -2.33. The second-order valence-corrected chi connectivity index (χ2v) is 5.82. The summed E-state index contributed by atoms with van der Waals surface area (Å²) in [5, 5.41) is 19.3. The van der Waals surface area contributed by atoms with E-state index in [1.807, 2.05) is 44.2 Å². The predicted octanol–water partition coefficient (Wildman–Crippen LogP) is 1.99. The smallest absolute Gasteiger partial charge is 0.290 e. The zero-order chi connectivity index (χ0) is 16.3. The summed E-state index contributed by atoms with van der Waals surface area (Å²) in [6.07, 6.45) is 0.267. The molecule has 1 aliphatic heterocycles. The highest BCUT2D eigenvalue weighted by Gasteiger charge is 2.42. The molecule has 1 heterocycles. The number of carbonyl (C=O) groups is 2. The third-order valence-corrected chi connectivity index (χ3v) is 3.65. The molecule has 1 aliphatic rings. The van der Waals surface area contributed by atoms with Crippen LogP contribution < -0.4 is 0 Å². The summed E-state index contributed by atoms with van der Waals surface area (Å²) in [5.74, 6) is -1.19. The molecule has 1 aromatic carbocycles. The molecular formula is C17H21NO4. The molecule has 1 aromatic rings. The third-order valence-electron chi connectivity index (χ3n) is 3.65. The van der Waals surface area contributed by atoms with Gasteiger partial charge in [-0.25, -0.2) is 0 Å². The van der Waals surface area contributed by atoms with Crippen LogP contribution in [0.5, 0.6) is 0 Å². The quantitative estimate of drug-likeness (QED) is 0.842. The van der Waals surface area contributed by atoms with Crippen molar-refractivity contribution >= 4 is 11.7 Å². The Labute approximate surface area is 129 Å². The van der Waals surface area contributed by atoms with Crippen molar-refractivity contribution in [2.45, 2.75) is 26.3 Å². The maximum absolute atomic E-state index is 12.5. The number of rotatable bonds is 6. The van der Waals surface area contributed by atoms with Crippen LogP contribution in [0.2, 0.25) is 0 Å². The minimum absolute atomic E-state index is 0.0704. The first kappa shape index (κ1) is 16.2. The molecule has 118 valence electrons. The lowest BCUT2D eigenvalue weighted by atomic mass is 9.92. The number of hydrogen-bond acceptors (Lipinski definition) is 4. The molecule has 0 fully saturated rings. The van der Waals surface area contributed by atoms with E-state index in [1.54, 1.807) is 0 Å². The Kier molecular flexibility index (Phi) is 4.98. The zero-order valence-electron chi connectivity index (χ0n) is 12.8. The topological polar surface area (TPSA) is 77.8 Å². The molecule has 0 saturated carbocycles. The van der Waals surface area contributed by atoms with Crippen LogP contribution in [0.25, 0.3) is 0 Å². The fraction of sp³-hybridized carbons (Fsp3) is 0.412. The summed E-state index contributed by atoms with van der Waals surface area (Å²) in [5.41, 5.74) is 0.888. The van der Waals surface area contributed by atoms with Gasteiger partial charge in [0.1, 0.15) is 0 Å². The van der Waals surface area contributed by atoms with Gasteiger partial charge in [-0.15, -0.1) is 0 Å². The van der Waals surface area contributed by atoms with Crippen LogP contribution in [0.15, 0.2) is 41.7 Å². The molecule has 2 N–H and O–H groups in total. The van der Waals surface area contributed by atoms with Gasteiger partial charge in [0, 0.05) is 13.0 Å². The molecule has 5 nitrogen and oxygen atoms in total. The van der Waals surface area contributed by atoms with Crippen molar-refractivity contribution in [2.24, 2.45) is 5.92 Å². The van der Waals surface area contributed by atoms with Crippen molar-refractivity contribution < 1.29 is 19.8 Å². The van der Waals surface area contributed by atoms with E-state index in [2.05, 4.69) is 0 Å². The molecule has 0 bridgehead atoms. The number of carbonyl (C=O) groups excluding carboxylic acids is 2.